The average Bonchev–Trinajstić information content (AvgIpc) is 2.30. The zero-order chi connectivity index (χ0) is 12.1. The first-order valence-electron chi connectivity index (χ1n) is 4.93. The van der Waals surface area contributed by atoms with E-state index in [1.165, 1.54) is 6.08 Å². The minimum absolute atomic E-state index is 0.00500. The van der Waals surface area contributed by atoms with Gasteiger partial charge in [-0.05, 0) is 12.1 Å². The molecule has 0 aromatic heterocycles. The fraction of sp³-hybridized carbons (Fsp3) is 0.250. The quantitative estimate of drug-likeness (QED) is 0.676. The van der Waals surface area contributed by atoms with Crippen LogP contribution in [0.2, 0.25) is 0 Å². The fourth-order valence-electron chi connectivity index (χ4n) is 1.28. The fourth-order valence-corrected chi connectivity index (χ4v) is 1.28. The van der Waals surface area contributed by atoms with Crippen molar-refractivity contribution in [2.45, 2.75) is 13.8 Å². The molecule has 0 bridgehead atoms. The van der Waals surface area contributed by atoms with E-state index in [1.54, 1.807) is 0 Å². The van der Waals surface area contributed by atoms with Crippen molar-refractivity contribution >= 4 is 6.08 Å². The van der Waals surface area contributed by atoms with Crippen molar-refractivity contribution in [2.24, 2.45) is 0 Å². The van der Waals surface area contributed by atoms with E-state index in [-0.39, 0.29) is 17.9 Å². The molecule has 0 saturated heterocycles. The van der Waals surface area contributed by atoms with E-state index in [2.05, 4.69) is 0 Å². The van der Waals surface area contributed by atoms with Gasteiger partial charge in [0.25, 0.3) is 0 Å². The molecule has 0 saturated carbocycles. The molecule has 84 valence electrons. The third kappa shape index (κ3) is 2.37. The van der Waals surface area contributed by atoms with E-state index in [9.17, 15) is 8.78 Å². The molecular weight excluding hydrogens is 212 g/mol. The molecule has 16 heavy (non-hydrogen) atoms. The highest BCUT2D eigenvalue weighted by molar-refractivity contribution is 5.65. The number of rotatable bonds is 0. The summed E-state index contributed by atoms with van der Waals surface area (Å²) in [6.07, 6.45) is 1.42. The first-order chi connectivity index (χ1) is 7.70. The van der Waals surface area contributed by atoms with E-state index in [0.29, 0.717) is 5.57 Å². The van der Waals surface area contributed by atoms with E-state index in [1.807, 2.05) is 19.9 Å². The summed E-state index contributed by atoms with van der Waals surface area (Å²) in [5.74, 6) is -1.42. The van der Waals surface area contributed by atoms with Crippen LogP contribution in [-0.2, 0) is 0 Å². The summed E-state index contributed by atoms with van der Waals surface area (Å²) in [7, 11) is 0. The van der Waals surface area contributed by atoms with Crippen molar-refractivity contribution in [3.8, 4) is 11.8 Å². The standard InChI is InChI=1S/C10H5F2NO.C2H6/c11-8-2-7-1-6(4-13)5-14-10(7)9(12)3-8;1-2/h1-3H,5H2;1-2H3. The normalized spacial score (nSPS) is 12.3. The lowest BCUT2D eigenvalue weighted by Crippen LogP contribution is -2.08. The first-order valence-corrected chi connectivity index (χ1v) is 4.93. The van der Waals surface area contributed by atoms with Crippen LogP contribution in [0.1, 0.15) is 19.4 Å². The van der Waals surface area contributed by atoms with Gasteiger partial charge in [0, 0.05) is 11.6 Å². The number of nitrogens with zero attached hydrogens (tertiary/aromatic N) is 1. The lowest BCUT2D eigenvalue weighted by molar-refractivity contribution is 0.330. The molecule has 0 aliphatic carbocycles. The highest BCUT2D eigenvalue weighted by Gasteiger charge is 2.16. The summed E-state index contributed by atoms with van der Waals surface area (Å²) in [6.45, 7) is 4.03. The second kappa shape index (κ2) is 5.26. The van der Waals surface area contributed by atoms with Gasteiger partial charge >= 0.3 is 0 Å². The van der Waals surface area contributed by atoms with E-state index < -0.39 is 11.6 Å². The zero-order valence-electron chi connectivity index (χ0n) is 9.05. The molecule has 4 heteroatoms. The Labute approximate surface area is 92.8 Å². The number of benzene rings is 1. The summed E-state index contributed by atoms with van der Waals surface area (Å²) < 4.78 is 30.8. The Morgan fingerprint density at radius 1 is 1.31 bits per heavy atom. The van der Waals surface area contributed by atoms with Crippen molar-refractivity contribution in [1.29, 1.82) is 5.26 Å². The zero-order valence-corrected chi connectivity index (χ0v) is 9.05. The molecule has 0 N–H and O–H groups in total. The van der Waals surface area contributed by atoms with Gasteiger partial charge < -0.3 is 4.74 Å². The summed E-state index contributed by atoms with van der Waals surface area (Å²) >= 11 is 0. The van der Waals surface area contributed by atoms with Gasteiger partial charge in [-0.2, -0.15) is 5.26 Å². The van der Waals surface area contributed by atoms with Crippen molar-refractivity contribution in [1.82, 2.24) is 0 Å². The summed E-state index contributed by atoms with van der Waals surface area (Å²) in [4.78, 5) is 0. The Morgan fingerprint density at radius 3 is 2.62 bits per heavy atom. The number of fused-ring (bicyclic) bond motifs is 1. The van der Waals surface area contributed by atoms with Crippen LogP contribution >= 0.6 is 0 Å². The maximum absolute atomic E-state index is 13.1. The van der Waals surface area contributed by atoms with Crippen LogP contribution in [-0.4, -0.2) is 6.61 Å². The van der Waals surface area contributed by atoms with Gasteiger partial charge in [0.1, 0.15) is 12.4 Å². The van der Waals surface area contributed by atoms with Gasteiger partial charge in [-0.25, -0.2) is 8.78 Å². The van der Waals surface area contributed by atoms with Crippen LogP contribution in [0.5, 0.6) is 5.75 Å². The molecule has 1 heterocycles. The number of hydrogen-bond donors (Lipinski definition) is 0. The minimum atomic E-state index is -0.742. The van der Waals surface area contributed by atoms with Crippen LogP contribution in [0.3, 0.4) is 0 Å². The first kappa shape index (κ1) is 12.2. The number of halogens is 2. The molecule has 2 nitrogen and oxygen atoms in total. The van der Waals surface area contributed by atoms with Crippen LogP contribution in [0.15, 0.2) is 17.7 Å². The van der Waals surface area contributed by atoms with Gasteiger partial charge in [0.15, 0.2) is 11.6 Å². The summed E-state index contributed by atoms with van der Waals surface area (Å²) in [5.41, 5.74) is 0.618. The monoisotopic (exact) mass is 223 g/mol. The number of ether oxygens (including phenoxy) is 1. The van der Waals surface area contributed by atoms with Crippen molar-refractivity contribution in [2.75, 3.05) is 6.61 Å². The van der Waals surface area contributed by atoms with Gasteiger partial charge in [-0.3, -0.25) is 0 Å². The highest BCUT2D eigenvalue weighted by Crippen LogP contribution is 2.29. The molecule has 2 rings (SSSR count). The summed E-state index contributed by atoms with van der Waals surface area (Å²) in [6, 6.07) is 3.76. The maximum atomic E-state index is 13.1. The lowest BCUT2D eigenvalue weighted by atomic mass is 10.1. The van der Waals surface area contributed by atoms with E-state index in [0.717, 1.165) is 12.1 Å². The molecule has 1 aromatic carbocycles. The van der Waals surface area contributed by atoms with E-state index in [4.69, 9.17) is 10.00 Å². The molecule has 0 amide bonds. The molecule has 1 aromatic rings. The average molecular weight is 223 g/mol. The van der Waals surface area contributed by atoms with Crippen molar-refractivity contribution in [3.05, 3.63) is 34.9 Å². The van der Waals surface area contributed by atoms with Gasteiger partial charge in [0.2, 0.25) is 0 Å². The van der Waals surface area contributed by atoms with Gasteiger partial charge in [-0.15, -0.1) is 0 Å². The predicted molar refractivity (Wildman–Crippen MR) is 56.8 cm³/mol. The van der Waals surface area contributed by atoms with Crippen LogP contribution in [0.25, 0.3) is 6.08 Å². The second-order valence-corrected chi connectivity index (χ2v) is 2.88. The van der Waals surface area contributed by atoms with E-state index >= 15 is 0 Å². The Hall–Kier alpha value is -1.89. The Bertz CT molecular complexity index is 461. The topological polar surface area (TPSA) is 33.0 Å². The molecule has 1 aliphatic rings. The smallest absolute Gasteiger partial charge is 0.168 e. The number of nitriles is 1. The highest BCUT2D eigenvalue weighted by atomic mass is 19.1. The molecule has 1 aliphatic heterocycles. The molecule has 0 radical (unpaired) electrons. The third-order valence-electron chi connectivity index (χ3n) is 1.88. The largest absolute Gasteiger partial charge is 0.484 e. The SMILES string of the molecule is CC.N#CC1=Cc2cc(F)cc(F)c2OC1. The van der Waals surface area contributed by atoms with Crippen molar-refractivity contribution < 1.29 is 13.5 Å². The summed E-state index contributed by atoms with van der Waals surface area (Å²) in [5, 5.41) is 8.57. The minimum Gasteiger partial charge on any atom is -0.484 e. The van der Waals surface area contributed by atoms with Crippen molar-refractivity contribution in [3.63, 3.8) is 0 Å². The Balaban J connectivity index is 0.000000606. The molecule has 0 atom stereocenters. The Kier molecular flexibility index (Phi) is 4.01. The van der Waals surface area contributed by atoms with Crippen LogP contribution < -0.4 is 4.74 Å². The third-order valence-corrected chi connectivity index (χ3v) is 1.88. The lowest BCUT2D eigenvalue weighted by Gasteiger charge is -2.14. The molecule has 0 fully saturated rings. The number of hydrogen-bond acceptors (Lipinski definition) is 2. The second-order valence-electron chi connectivity index (χ2n) is 2.88. The van der Waals surface area contributed by atoms with Crippen LogP contribution in [0, 0.1) is 23.0 Å². The Morgan fingerprint density at radius 2 is 2.00 bits per heavy atom. The predicted octanol–water partition coefficient (Wildman–Crippen LogP) is 3.29. The van der Waals surface area contributed by atoms with Crippen LogP contribution in [0.4, 0.5) is 8.78 Å². The molecule has 0 unspecified atom stereocenters. The molecular formula is C12H11F2NO. The molecule has 0 spiro atoms. The van der Waals surface area contributed by atoms with Gasteiger partial charge in [-0.1, -0.05) is 13.8 Å². The maximum Gasteiger partial charge on any atom is 0.168 e. The van der Waals surface area contributed by atoms with Gasteiger partial charge in [0.05, 0.1) is 11.6 Å².